The van der Waals surface area contributed by atoms with Gasteiger partial charge in [-0.15, -0.1) is 0 Å². The van der Waals surface area contributed by atoms with E-state index in [9.17, 15) is 13.2 Å². The van der Waals surface area contributed by atoms with Crippen molar-refractivity contribution in [1.82, 2.24) is 4.90 Å². The summed E-state index contributed by atoms with van der Waals surface area (Å²) in [5.74, 6) is 0.184. The van der Waals surface area contributed by atoms with Crippen molar-refractivity contribution in [1.29, 1.82) is 0 Å². The molecule has 1 fully saturated rings. The molecule has 1 saturated heterocycles. The van der Waals surface area contributed by atoms with Crippen LogP contribution in [-0.2, 0) is 21.2 Å². The second kappa shape index (κ2) is 9.06. The summed E-state index contributed by atoms with van der Waals surface area (Å²) in [7, 11) is -3.17. The average Bonchev–Trinajstić information content (AvgIpc) is 3.07. The highest BCUT2D eigenvalue weighted by Gasteiger charge is 2.28. The number of hydrogen-bond acceptors (Lipinski definition) is 3. The van der Waals surface area contributed by atoms with E-state index < -0.39 is 10.0 Å². The van der Waals surface area contributed by atoms with Gasteiger partial charge in [0.05, 0.1) is 11.4 Å². The van der Waals surface area contributed by atoms with Crippen LogP contribution in [0.3, 0.4) is 0 Å². The van der Waals surface area contributed by atoms with Gasteiger partial charge in [0.25, 0.3) is 0 Å². The van der Waals surface area contributed by atoms with Gasteiger partial charge < -0.3 is 4.90 Å². The Balaban J connectivity index is 1.59. The fourth-order valence-corrected chi connectivity index (χ4v) is 4.85. The summed E-state index contributed by atoms with van der Waals surface area (Å²) in [5, 5.41) is 0. The predicted molar refractivity (Wildman–Crippen MR) is 114 cm³/mol. The lowest BCUT2D eigenvalue weighted by Crippen LogP contribution is -2.31. The molecule has 1 amide bonds. The third kappa shape index (κ3) is 5.01. The van der Waals surface area contributed by atoms with Crippen LogP contribution in [0.15, 0.2) is 60.7 Å². The molecule has 1 aliphatic rings. The molecule has 3 rings (SSSR count). The minimum absolute atomic E-state index is 0.0235. The highest BCUT2D eigenvalue weighted by molar-refractivity contribution is 7.93. The van der Waals surface area contributed by atoms with Crippen LogP contribution in [0.4, 0.5) is 5.69 Å². The van der Waals surface area contributed by atoms with Gasteiger partial charge in [0.1, 0.15) is 0 Å². The Morgan fingerprint density at radius 3 is 2.43 bits per heavy atom. The highest BCUT2D eigenvalue weighted by atomic mass is 32.2. The normalized spacial score (nSPS) is 15.8. The first-order valence-electron chi connectivity index (χ1n) is 9.61. The Morgan fingerprint density at radius 2 is 1.82 bits per heavy atom. The van der Waals surface area contributed by atoms with E-state index in [1.165, 1.54) is 9.87 Å². The molecule has 0 saturated carbocycles. The largest absolute Gasteiger partial charge is 0.339 e. The minimum Gasteiger partial charge on any atom is -0.339 e. The van der Waals surface area contributed by atoms with Crippen molar-refractivity contribution < 1.29 is 13.2 Å². The van der Waals surface area contributed by atoms with Gasteiger partial charge in [-0.25, -0.2) is 8.42 Å². The Morgan fingerprint density at radius 1 is 1.11 bits per heavy atom. The van der Waals surface area contributed by atoms with Crippen molar-refractivity contribution in [2.75, 3.05) is 29.7 Å². The third-order valence-electron chi connectivity index (χ3n) is 4.91. The number of carbonyl (C=O) groups excluding carboxylic acids is 1. The van der Waals surface area contributed by atoms with Gasteiger partial charge in [0, 0.05) is 25.7 Å². The molecule has 28 heavy (non-hydrogen) atoms. The van der Waals surface area contributed by atoms with E-state index in [4.69, 9.17) is 0 Å². The molecule has 5 nitrogen and oxygen atoms in total. The van der Waals surface area contributed by atoms with E-state index in [1.807, 2.05) is 42.2 Å². The van der Waals surface area contributed by atoms with E-state index in [1.54, 1.807) is 24.3 Å². The van der Waals surface area contributed by atoms with Crippen LogP contribution in [0.2, 0.25) is 0 Å². The molecule has 0 aliphatic carbocycles. The lowest BCUT2D eigenvalue weighted by atomic mass is 10.1. The molecule has 1 heterocycles. The number of hydrogen-bond donors (Lipinski definition) is 0. The molecule has 2 aromatic carbocycles. The van der Waals surface area contributed by atoms with Crippen LogP contribution in [0.25, 0.3) is 6.08 Å². The van der Waals surface area contributed by atoms with Crippen molar-refractivity contribution in [3.8, 4) is 0 Å². The van der Waals surface area contributed by atoms with E-state index in [-0.39, 0.29) is 11.7 Å². The first-order chi connectivity index (χ1) is 13.5. The number of anilines is 1. The quantitative estimate of drug-likeness (QED) is 0.672. The number of sulfonamides is 1. The fourth-order valence-electron chi connectivity index (χ4n) is 3.29. The summed E-state index contributed by atoms with van der Waals surface area (Å²) >= 11 is 0. The van der Waals surface area contributed by atoms with Crippen molar-refractivity contribution in [3.05, 3.63) is 71.8 Å². The number of likely N-dealkylation sites (N-methyl/N-ethyl adjacent to an activating group) is 1. The first kappa shape index (κ1) is 20.1. The number of carbonyl (C=O) groups is 1. The summed E-state index contributed by atoms with van der Waals surface area (Å²) in [6.07, 6.45) is 4.84. The number of nitrogens with zero attached hydrogens (tertiary/aromatic N) is 2. The zero-order valence-electron chi connectivity index (χ0n) is 16.1. The maximum atomic E-state index is 12.5. The molecule has 0 aromatic heterocycles. The van der Waals surface area contributed by atoms with Gasteiger partial charge in [-0.3, -0.25) is 9.10 Å². The smallest absolute Gasteiger partial charge is 0.246 e. The maximum Gasteiger partial charge on any atom is 0.246 e. The lowest BCUT2D eigenvalue weighted by molar-refractivity contribution is -0.125. The van der Waals surface area contributed by atoms with Gasteiger partial charge in [-0.1, -0.05) is 42.5 Å². The van der Waals surface area contributed by atoms with Crippen LogP contribution < -0.4 is 4.31 Å². The van der Waals surface area contributed by atoms with Crippen molar-refractivity contribution in [2.24, 2.45) is 0 Å². The molecule has 0 N–H and O–H groups in total. The van der Waals surface area contributed by atoms with Crippen LogP contribution in [0.1, 0.15) is 24.5 Å². The number of amides is 1. The van der Waals surface area contributed by atoms with Gasteiger partial charge in [0.15, 0.2) is 0 Å². The second-order valence-corrected chi connectivity index (χ2v) is 8.83. The molecule has 0 bridgehead atoms. The summed E-state index contributed by atoms with van der Waals surface area (Å²) in [6.45, 7) is 3.84. The van der Waals surface area contributed by atoms with Crippen LogP contribution in [-0.4, -0.2) is 44.6 Å². The number of benzene rings is 2. The van der Waals surface area contributed by atoms with Crippen LogP contribution in [0, 0.1) is 0 Å². The molecular formula is C22H26N2O3S. The first-order valence-corrected chi connectivity index (χ1v) is 11.2. The zero-order valence-corrected chi connectivity index (χ0v) is 16.9. The molecule has 6 heteroatoms. The van der Waals surface area contributed by atoms with Crippen molar-refractivity contribution >= 4 is 27.7 Å². The molecule has 1 aliphatic heterocycles. The topological polar surface area (TPSA) is 57.7 Å². The lowest BCUT2D eigenvalue weighted by Gasteiger charge is -2.19. The highest BCUT2D eigenvalue weighted by Crippen LogP contribution is 2.24. The third-order valence-corrected chi connectivity index (χ3v) is 6.77. The van der Waals surface area contributed by atoms with E-state index >= 15 is 0 Å². The Kier molecular flexibility index (Phi) is 6.52. The minimum atomic E-state index is -3.17. The van der Waals surface area contributed by atoms with E-state index in [0.717, 1.165) is 12.0 Å². The number of rotatable bonds is 7. The summed E-state index contributed by atoms with van der Waals surface area (Å²) < 4.78 is 25.4. The molecule has 0 spiro atoms. The molecule has 0 atom stereocenters. The van der Waals surface area contributed by atoms with Gasteiger partial charge >= 0.3 is 0 Å². The average molecular weight is 399 g/mol. The maximum absolute atomic E-state index is 12.5. The molecule has 2 aromatic rings. The van der Waals surface area contributed by atoms with Crippen molar-refractivity contribution in [3.63, 3.8) is 0 Å². The fraction of sp³-hybridized carbons (Fsp3) is 0.318. The molecule has 148 valence electrons. The Bertz CT molecular complexity index is 922. The predicted octanol–water partition coefficient (Wildman–Crippen LogP) is 3.33. The second-order valence-electron chi connectivity index (χ2n) is 6.82. The van der Waals surface area contributed by atoms with Gasteiger partial charge in [-0.2, -0.15) is 0 Å². The monoisotopic (exact) mass is 398 g/mol. The molecule has 0 radical (unpaired) electrons. The zero-order chi connectivity index (χ0) is 20.0. The Hall–Kier alpha value is -2.60. The van der Waals surface area contributed by atoms with Gasteiger partial charge in [-0.05, 0) is 49.1 Å². The van der Waals surface area contributed by atoms with E-state index in [0.29, 0.717) is 31.7 Å². The summed E-state index contributed by atoms with van der Waals surface area (Å²) in [5.41, 5.74) is 2.76. The molecular weight excluding hydrogens is 372 g/mol. The van der Waals surface area contributed by atoms with Crippen LogP contribution in [0.5, 0.6) is 0 Å². The van der Waals surface area contributed by atoms with E-state index in [2.05, 4.69) is 12.1 Å². The van der Waals surface area contributed by atoms with Crippen molar-refractivity contribution in [2.45, 2.75) is 19.8 Å². The summed E-state index contributed by atoms with van der Waals surface area (Å²) in [4.78, 5) is 14.3. The SMILES string of the molecule is CCN(CCc1ccccc1)C(=O)/C=C/c1ccc(N2CCCS2(=O)=O)cc1. The standard InChI is InChI=1S/C22H26N2O3S/c1-2-23(17-15-19-7-4-3-5-8-19)22(25)14-11-20-9-12-21(13-10-20)24-16-6-18-28(24,26)27/h3-5,7-14H,2,6,15-18H2,1H3/b14-11+. The Labute approximate surface area is 167 Å². The van der Waals surface area contributed by atoms with Gasteiger partial charge in [0.2, 0.25) is 15.9 Å². The summed E-state index contributed by atoms with van der Waals surface area (Å²) in [6, 6.07) is 17.4. The molecule has 0 unspecified atom stereocenters. The van der Waals surface area contributed by atoms with Crippen LogP contribution >= 0.6 is 0 Å².